The van der Waals surface area contributed by atoms with E-state index in [1.807, 2.05) is 22.5 Å². The number of ether oxygens (including phenoxy) is 2. The highest BCUT2D eigenvalue weighted by molar-refractivity contribution is 7.17. The number of H-pyrrole nitrogens is 1. The largest absolute Gasteiger partial charge is 0.477 e. The molecule has 0 saturated carbocycles. The van der Waals surface area contributed by atoms with Gasteiger partial charge in [-0.3, -0.25) is 4.79 Å². The molecule has 0 aromatic carbocycles. The van der Waals surface area contributed by atoms with Crippen LogP contribution in [0.1, 0.15) is 57.6 Å². The number of ketones is 1. The summed E-state index contributed by atoms with van der Waals surface area (Å²) in [4.78, 5) is 39.5. The highest BCUT2D eigenvalue weighted by atomic mass is 35.5. The number of aryl methyl sites for hydroxylation is 1. The Kier molecular flexibility index (Phi) is 9.40. The zero-order chi connectivity index (χ0) is 28.1. The molecule has 39 heavy (non-hydrogen) atoms. The number of hydrogen-bond acceptors (Lipinski definition) is 9. The van der Waals surface area contributed by atoms with Crippen LogP contribution in [-0.4, -0.2) is 75.9 Å². The van der Waals surface area contributed by atoms with Gasteiger partial charge >= 0.3 is 5.97 Å². The first kappa shape index (κ1) is 28.8. The molecule has 0 amide bonds. The van der Waals surface area contributed by atoms with E-state index < -0.39 is 5.97 Å². The van der Waals surface area contributed by atoms with Gasteiger partial charge in [0.2, 0.25) is 0 Å². The summed E-state index contributed by atoms with van der Waals surface area (Å²) in [5.41, 5.74) is 1.30. The molecule has 0 spiro atoms. The Bertz CT molecular complexity index is 1380. The summed E-state index contributed by atoms with van der Waals surface area (Å²) in [7, 11) is 1.60. The van der Waals surface area contributed by atoms with Gasteiger partial charge in [0.15, 0.2) is 16.7 Å². The van der Waals surface area contributed by atoms with Gasteiger partial charge in [0.25, 0.3) is 0 Å². The molecule has 4 rings (SSSR count). The van der Waals surface area contributed by atoms with Crippen LogP contribution in [0.4, 0.5) is 5.13 Å². The van der Waals surface area contributed by atoms with E-state index >= 15 is 0 Å². The normalized spacial score (nSPS) is 17.4. The van der Waals surface area contributed by atoms with Gasteiger partial charge < -0.3 is 29.0 Å². The van der Waals surface area contributed by atoms with E-state index in [1.165, 1.54) is 0 Å². The average Bonchev–Trinajstić information content (AvgIpc) is 3.64. The number of rotatable bonds is 12. The lowest BCUT2D eigenvalue weighted by Crippen LogP contribution is -2.46. The number of imidazole rings is 1. The second-order valence-electron chi connectivity index (χ2n) is 9.37. The van der Waals surface area contributed by atoms with Crippen molar-refractivity contribution in [3.8, 4) is 17.6 Å². The number of carboxylic acids is 1. The third kappa shape index (κ3) is 6.17. The van der Waals surface area contributed by atoms with E-state index in [0.29, 0.717) is 61.6 Å². The number of nitrogens with one attached hydrogen (secondary N) is 1. The molecule has 11 nitrogen and oxygen atoms in total. The maximum Gasteiger partial charge on any atom is 0.348 e. The molecule has 4 heterocycles. The van der Waals surface area contributed by atoms with Crippen molar-refractivity contribution in [3.63, 3.8) is 0 Å². The first-order valence-corrected chi connectivity index (χ1v) is 13.9. The predicted molar refractivity (Wildman–Crippen MR) is 147 cm³/mol. The lowest BCUT2D eigenvalue weighted by Gasteiger charge is -2.38. The quantitative estimate of drug-likeness (QED) is 0.300. The van der Waals surface area contributed by atoms with Gasteiger partial charge in [0.1, 0.15) is 22.3 Å². The Morgan fingerprint density at radius 3 is 2.87 bits per heavy atom. The second kappa shape index (κ2) is 12.7. The molecule has 1 aliphatic heterocycles. The van der Waals surface area contributed by atoms with Crippen molar-refractivity contribution in [2.45, 2.75) is 45.8 Å². The lowest BCUT2D eigenvalue weighted by molar-refractivity contribution is 0.00383. The number of aromatic amines is 1. The van der Waals surface area contributed by atoms with Crippen molar-refractivity contribution in [1.82, 2.24) is 19.5 Å². The zero-order valence-corrected chi connectivity index (χ0v) is 23.6. The van der Waals surface area contributed by atoms with Crippen molar-refractivity contribution in [3.05, 3.63) is 39.2 Å². The minimum atomic E-state index is -1.07. The van der Waals surface area contributed by atoms with E-state index in [0.717, 1.165) is 17.8 Å². The molecule has 0 bridgehead atoms. The van der Waals surface area contributed by atoms with Crippen LogP contribution in [0.5, 0.6) is 0 Å². The number of Topliss-reactive ketones (excluding diaryl/α,β-unsaturated/α-hetero) is 1. The number of carbonyl (C=O) groups is 2. The number of nitrogens with zero attached hydrogens (tertiary/aromatic N) is 5. The molecule has 2 N–H and O–H groups in total. The lowest BCUT2D eigenvalue weighted by atomic mass is 9.88. The fraction of sp³-hybridized carbons (Fsp3) is 0.500. The van der Waals surface area contributed by atoms with Crippen LogP contribution in [0, 0.1) is 24.2 Å². The van der Waals surface area contributed by atoms with E-state index in [1.54, 1.807) is 26.4 Å². The molecule has 1 aliphatic rings. The number of aromatic carboxylic acids is 1. The van der Waals surface area contributed by atoms with Gasteiger partial charge in [-0.25, -0.2) is 14.8 Å². The topological polar surface area (TPSA) is 146 Å². The Morgan fingerprint density at radius 1 is 1.38 bits per heavy atom. The van der Waals surface area contributed by atoms with Crippen molar-refractivity contribution in [2.75, 3.05) is 38.3 Å². The average molecular weight is 575 g/mol. The molecular formula is C26H31ClN6O5S. The van der Waals surface area contributed by atoms with Crippen LogP contribution < -0.4 is 4.90 Å². The number of methoxy groups -OCH3 is 1. The fourth-order valence-electron chi connectivity index (χ4n) is 4.72. The molecule has 1 saturated heterocycles. The molecular weight excluding hydrogens is 544 g/mol. The predicted octanol–water partition coefficient (Wildman–Crippen LogP) is 4.41. The Morgan fingerprint density at radius 2 is 2.18 bits per heavy atom. The molecule has 0 aliphatic carbocycles. The Labute approximate surface area is 235 Å². The van der Waals surface area contributed by atoms with Crippen LogP contribution >= 0.6 is 22.9 Å². The monoisotopic (exact) mass is 574 g/mol. The number of carboxylic acid groups (broad SMARTS) is 1. The van der Waals surface area contributed by atoms with E-state index in [9.17, 15) is 20.0 Å². The smallest absolute Gasteiger partial charge is 0.348 e. The SMILES string of the molecule is CCCO[C@H]1CN(c2nc(-c3nccn3CCOC)c(C(=O)O)s2)CC[C@H]1CC(=O)c1[nH]c(C)c(Cl)c1C#N. The van der Waals surface area contributed by atoms with Crippen molar-refractivity contribution >= 4 is 39.8 Å². The van der Waals surface area contributed by atoms with Gasteiger partial charge in [-0.15, -0.1) is 0 Å². The minimum Gasteiger partial charge on any atom is -0.477 e. The first-order chi connectivity index (χ1) is 18.8. The van der Waals surface area contributed by atoms with Gasteiger partial charge in [-0.2, -0.15) is 5.26 Å². The highest BCUT2D eigenvalue weighted by Gasteiger charge is 2.35. The summed E-state index contributed by atoms with van der Waals surface area (Å²) < 4.78 is 13.2. The molecule has 13 heteroatoms. The molecule has 3 aromatic heterocycles. The number of carbonyl (C=O) groups excluding carboxylic acids is 1. The molecule has 2 atom stereocenters. The number of aromatic nitrogens is 4. The molecule has 3 aromatic rings. The van der Waals surface area contributed by atoms with Gasteiger partial charge in [-0.1, -0.05) is 29.9 Å². The summed E-state index contributed by atoms with van der Waals surface area (Å²) in [6.45, 7) is 6.27. The summed E-state index contributed by atoms with van der Waals surface area (Å²) in [6.07, 6.45) is 4.76. The van der Waals surface area contributed by atoms with Gasteiger partial charge in [0.05, 0.1) is 23.3 Å². The highest BCUT2D eigenvalue weighted by Crippen LogP contribution is 2.36. The first-order valence-electron chi connectivity index (χ1n) is 12.7. The number of thiazole rings is 1. The summed E-state index contributed by atoms with van der Waals surface area (Å²) in [6, 6.07) is 2.03. The van der Waals surface area contributed by atoms with E-state index in [4.69, 9.17) is 26.1 Å². The Balaban J connectivity index is 1.56. The summed E-state index contributed by atoms with van der Waals surface area (Å²) >= 11 is 7.30. The third-order valence-electron chi connectivity index (χ3n) is 6.73. The third-order valence-corrected chi connectivity index (χ3v) is 8.30. The number of hydrogen-bond donors (Lipinski definition) is 2. The minimum absolute atomic E-state index is 0.0828. The number of nitriles is 1. The molecule has 208 valence electrons. The van der Waals surface area contributed by atoms with Crippen LogP contribution in [0.25, 0.3) is 11.5 Å². The molecule has 0 unspecified atom stereocenters. The maximum absolute atomic E-state index is 13.2. The second-order valence-corrected chi connectivity index (χ2v) is 10.7. The van der Waals surface area contributed by atoms with Crippen LogP contribution in [0.3, 0.4) is 0 Å². The molecule has 0 radical (unpaired) electrons. The van der Waals surface area contributed by atoms with Crippen molar-refractivity contribution < 1.29 is 24.2 Å². The summed E-state index contributed by atoms with van der Waals surface area (Å²) in [5.74, 6) is -0.861. The van der Waals surface area contributed by atoms with Crippen LogP contribution in [0.15, 0.2) is 12.4 Å². The van der Waals surface area contributed by atoms with E-state index in [2.05, 4.69) is 9.97 Å². The fourth-order valence-corrected chi connectivity index (χ4v) is 5.84. The number of anilines is 1. The van der Waals surface area contributed by atoms with Gasteiger partial charge in [0, 0.05) is 57.9 Å². The number of piperidine rings is 1. The number of halogens is 1. The van der Waals surface area contributed by atoms with Crippen molar-refractivity contribution in [1.29, 1.82) is 5.26 Å². The van der Waals surface area contributed by atoms with Crippen LogP contribution in [-0.2, 0) is 16.0 Å². The Hall–Kier alpha value is -3.24. The van der Waals surface area contributed by atoms with E-state index in [-0.39, 0.29) is 45.4 Å². The summed E-state index contributed by atoms with van der Waals surface area (Å²) in [5, 5.41) is 20.2. The van der Waals surface area contributed by atoms with Crippen molar-refractivity contribution in [2.24, 2.45) is 5.92 Å². The molecule has 1 fully saturated rings. The maximum atomic E-state index is 13.2. The standard InChI is InChI=1S/C26H31ClN6O5S/c1-4-10-38-19-14-33(7-5-16(19)12-18(34)21-17(13-28)20(27)15(2)30-21)26-31-22(23(39-26)25(35)36)24-29-6-8-32(24)9-11-37-3/h6,8,16,19,30H,4-5,7,9-12,14H2,1-3H3,(H,35,36)/t16-,19-/m0/s1. The zero-order valence-electron chi connectivity index (χ0n) is 22.1. The van der Waals surface area contributed by atoms with Crippen LogP contribution in [0.2, 0.25) is 5.02 Å². The van der Waals surface area contributed by atoms with Gasteiger partial charge in [-0.05, 0) is 25.7 Å².